The van der Waals surface area contributed by atoms with Gasteiger partial charge in [0, 0.05) is 0 Å². The van der Waals surface area contributed by atoms with E-state index in [1.165, 1.54) is 0 Å². The van der Waals surface area contributed by atoms with Gasteiger partial charge in [-0.3, -0.25) is 0 Å². The minimum Gasteiger partial charge on any atom is -0.508 e. The smallest absolute Gasteiger partial charge is 0.344 e. The van der Waals surface area contributed by atoms with Gasteiger partial charge in [-0.25, -0.2) is 9.59 Å². The van der Waals surface area contributed by atoms with Gasteiger partial charge >= 0.3 is 11.9 Å². The number of hydrogen-bond acceptors (Lipinski definition) is 5. The third-order valence-electron chi connectivity index (χ3n) is 3.06. The van der Waals surface area contributed by atoms with Crippen LogP contribution in [0, 0.1) is 0 Å². The molecule has 0 aliphatic heterocycles. The van der Waals surface area contributed by atoms with Crippen molar-refractivity contribution in [3.63, 3.8) is 0 Å². The molecule has 2 aromatic carbocycles. The molecule has 5 heteroatoms. The highest BCUT2D eigenvalue weighted by Gasteiger charge is 2.18. The minimum atomic E-state index is -0.616. The predicted molar refractivity (Wildman–Crippen MR) is 89.7 cm³/mol. The molecule has 24 heavy (non-hydrogen) atoms. The van der Waals surface area contributed by atoms with Gasteiger partial charge in [-0.15, -0.1) is 0 Å². The van der Waals surface area contributed by atoms with Gasteiger partial charge in [0.05, 0.1) is 5.56 Å². The van der Waals surface area contributed by atoms with E-state index in [-0.39, 0.29) is 5.75 Å². The number of phenolic OH excluding ortho intramolecular Hbond substituents is 1. The number of esters is 2. The van der Waals surface area contributed by atoms with E-state index in [1.54, 1.807) is 69.3 Å². The number of rotatable bonds is 4. The summed E-state index contributed by atoms with van der Waals surface area (Å²) in [7, 11) is 0. The monoisotopic (exact) mass is 328 g/mol. The van der Waals surface area contributed by atoms with Gasteiger partial charge in [0.2, 0.25) is 0 Å². The first kappa shape index (κ1) is 17.5. The van der Waals surface area contributed by atoms with Crippen LogP contribution in [0.25, 0.3) is 11.1 Å². The Hall–Kier alpha value is -2.82. The van der Waals surface area contributed by atoms with Crippen LogP contribution < -0.4 is 0 Å². The number of benzene rings is 2. The topological polar surface area (TPSA) is 72.8 Å². The Morgan fingerprint density at radius 1 is 0.917 bits per heavy atom. The van der Waals surface area contributed by atoms with E-state index in [0.29, 0.717) is 5.56 Å². The van der Waals surface area contributed by atoms with Gasteiger partial charge in [-0.2, -0.15) is 0 Å². The van der Waals surface area contributed by atoms with Crippen molar-refractivity contribution in [1.29, 1.82) is 0 Å². The molecule has 0 amide bonds. The van der Waals surface area contributed by atoms with E-state index in [4.69, 9.17) is 9.47 Å². The summed E-state index contributed by atoms with van der Waals surface area (Å²) in [5.41, 5.74) is 1.55. The molecule has 2 aromatic rings. The summed E-state index contributed by atoms with van der Waals surface area (Å²) in [5, 5.41) is 9.30. The third-order valence-corrected chi connectivity index (χ3v) is 3.06. The van der Waals surface area contributed by atoms with Crippen LogP contribution in [0.5, 0.6) is 5.75 Å². The van der Waals surface area contributed by atoms with Crippen molar-refractivity contribution in [2.75, 3.05) is 6.61 Å². The molecular formula is C19H20O5. The fraction of sp³-hybridized carbons (Fsp3) is 0.263. The Morgan fingerprint density at radius 2 is 1.42 bits per heavy atom. The Kier molecular flexibility index (Phi) is 5.24. The van der Waals surface area contributed by atoms with Crippen molar-refractivity contribution in [3.8, 4) is 16.9 Å². The zero-order valence-electron chi connectivity index (χ0n) is 13.9. The number of aromatic hydroxyl groups is 1. The summed E-state index contributed by atoms with van der Waals surface area (Å²) >= 11 is 0. The number of carbonyl (C=O) groups excluding carboxylic acids is 2. The van der Waals surface area contributed by atoms with Crippen LogP contribution in [-0.2, 0) is 14.3 Å². The minimum absolute atomic E-state index is 0.195. The van der Waals surface area contributed by atoms with Crippen LogP contribution in [0.1, 0.15) is 31.1 Å². The van der Waals surface area contributed by atoms with Gasteiger partial charge in [-0.1, -0.05) is 24.3 Å². The maximum absolute atomic E-state index is 11.9. The molecule has 5 nitrogen and oxygen atoms in total. The molecule has 0 heterocycles. The zero-order valence-corrected chi connectivity index (χ0v) is 13.9. The Balaban J connectivity index is 1.96. The first-order chi connectivity index (χ1) is 11.2. The van der Waals surface area contributed by atoms with Crippen molar-refractivity contribution in [2.45, 2.75) is 26.4 Å². The lowest BCUT2D eigenvalue weighted by Crippen LogP contribution is -2.27. The van der Waals surface area contributed by atoms with E-state index in [0.717, 1.165) is 11.1 Å². The lowest BCUT2D eigenvalue weighted by atomic mass is 10.0. The van der Waals surface area contributed by atoms with E-state index in [2.05, 4.69) is 0 Å². The van der Waals surface area contributed by atoms with Crippen LogP contribution in [0.3, 0.4) is 0 Å². The first-order valence-corrected chi connectivity index (χ1v) is 7.53. The molecule has 0 fully saturated rings. The molecule has 0 spiro atoms. The summed E-state index contributed by atoms with van der Waals surface area (Å²) in [6.45, 7) is 4.81. The van der Waals surface area contributed by atoms with Crippen molar-refractivity contribution in [2.24, 2.45) is 0 Å². The van der Waals surface area contributed by atoms with Gasteiger partial charge in [0.15, 0.2) is 6.61 Å². The van der Waals surface area contributed by atoms with Crippen LogP contribution in [0.15, 0.2) is 48.5 Å². The van der Waals surface area contributed by atoms with Crippen molar-refractivity contribution < 1.29 is 24.2 Å². The largest absolute Gasteiger partial charge is 0.508 e. The number of carbonyl (C=O) groups is 2. The molecule has 0 saturated carbocycles. The van der Waals surface area contributed by atoms with Crippen LogP contribution in [0.4, 0.5) is 0 Å². The van der Waals surface area contributed by atoms with E-state index >= 15 is 0 Å². The number of hydrogen-bond donors (Lipinski definition) is 1. The van der Waals surface area contributed by atoms with Gasteiger partial charge in [-0.05, 0) is 56.2 Å². The molecule has 0 saturated heterocycles. The first-order valence-electron chi connectivity index (χ1n) is 7.53. The highest BCUT2D eigenvalue weighted by molar-refractivity contribution is 5.91. The summed E-state index contributed by atoms with van der Waals surface area (Å²) in [5.74, 6) is -0.976. The molecule has 0 aliphatic carbocycles. The highest BCUT2D eigenvalue weighted by atomic mass is 16.6. The molecule has 0 radical (unpaired) electrons. The van der Waals surface area contributed by atoms with E-state index < -0.39 is 24.1 Å². The maximum atomic E-state index is 11.9. The normalized spacial score (nSPS) is 11.0. The van der Waals surface area contributed by atoms with Crippen LogP contribution in [-0.4, -0.2) is 29.3 Å². The van der Waals surface area contributed by atoms with E-state index in [1.807, 2.05) is 0 Å². The lowest BCUT2D eigenvalue weighted by Gasteiger charge is -2.19. The fourth-order valence-corrected chi connectivity index (χ4v) is 2.03. The maximum Gasteiger partial charge on any atom is 0.344 e. The molecule has 0 bridgehead atoms. The predicted octanol–water partition coefficient (Wildman–Crippen LogP) is 3.56. The second-order valence-corrected chi connectivity index (χ2v) is 6.29. The summed E-state index contributed by atoms with van der Waals surface area (Å²) in [6.07, 6.45) is 0. The quantitative estimate of drug-likeness (QED) is 0.869. The zero-order chi connectivity index (χ0) is 17.7. The molecular weight excluding hydrogens is 308 g/mol. The molecule has 0 atom stereocenters. The second-order valence-electron chi connectivity index (χ2n) is 6.29. The molecule has 2 rings (SSSR count). The SMILES string of the molecule is CC(C)(C)OC(=O)COC(=O)c1ccc(-c2ccc(O)cc2)cc1. The molecule has 0 unspecified atom stereocenters. The molecule has 1 N–H and O–H groups in total. The molecule has 0 aliphatic rings. The van der Waals surface area contributed by atoms with E-state index in [9.17, 15) is 14.7 Å². The Morgan fingerprint density at radius 3 is 1.92 bits per heavy atom. The molecule has 126 valence electrons. The summed E-state index contributed by atoms with van der Waals surface area (Å²) < 4.78 is 10.0. The standard InChI is InChI=1S/C19H20O5/c1-19(2,3)24-17(21)12-23-18(22)15-6-4-13(5-7-15)14-8-10-16(20)11-9-14/h4-11,20H,12H2,1-3H3. The highest BCUT2D eigenvalue weighted by Crippen LogP contribution is 2.22. The average molecular weight is 328 g/mol. The van der Waals surface area contributed by atoms with Gasteiger partial charge < -0.3 is 14.6 Å². The third kappa shape index (κ3) is 5.12. The Bertz CT molecular complexity index is 709. The fourth-order valence-electron chi connectivity index (χ4n) is 2.03. The number of phenols is 1. The van der Waals surface area contributed by atoms with Crippen LogP contribution >= 0.6 is 0 Å². The average Bonchev–Trinajstić information content (AvgIpc) is 2.52. The number of ether oxygens (including phenoxy) is 2. The van der Waals surface area contributed by atoms with Crippen molar-refractivity contribution >= 4 is 11.9 Å². The van der Waals surface area contributed by atoms with Crippen LogP contribution in [0.2, 0.25) is 0 Å². The van der Waals surface area contributed by atoms with Crippen molar-refractivity contribution in [1.82, 2.24) is 0 Å². The Labute approximate surface area is 140 Å². The van der Waals surface area contributed by atoms with Crippen molar-refractivity contribution in [3.05, 3.63) is 54.1 Å². The summed E-state index contributed by atoms with van der Waals surface area (Å²) in [4.78, 5) is 23.5. The second kappa shape index (κ2) is 7.17. The lowest BCUT2D eigenvalue weighted by molar-refractivity contribution is -0.158. The van der Waals surface area contributed by atoms with Gasteiger partial charge in [0.25, 0.3) is 0 Å². The summed E-state index contributed by atoms with van der Waals surface area (Å²) in [6, 6.07) is 13.6. The van der Waals surface area contributed by atoms with Gasteiger partial charge in [0.1, 0.15) is 11.4 Å². The molecule has 0 aromatic heterocycles.